The number of anilines is 2. The van der Waals surface area contributed by atoms with Gasteiger partial charge in [-0.15, -0.1) is 13.2 Å². The van der Waals surface area contributed by atoms with Crippen molar-refractivity contribution >= 4 is 11.5 Å². The second-order valence-corrected chi connectivity index (χ2v) is 7.14. The van der Waals surface area contributed by atoms with Gasteiger partial charge in [0.05, 0.1) is 6.54 Å². The van der Waals surface area contributed by atoms with Crippen molar-refractivity contribution in [1.29, 1.82) is 0 Å². The molecule has 3 aromatic rings. The number of benzene rings is 2. The van der Waals surface area contributed by atoms with Gasteiger partial charge in [-0.3, -0.25) is 14.3 Å². The first-order valence-corrected chi connectivity index (χ1v) is 9.59. The lowest BCUT2D eigenvalue weighted by Gasteiger charge is -2.27. The molecular weight excluding hydrogens is 441 g/mol. The molecule has 11 heteroatoms. The Morgan fingerprint density at radius 3 is 2.42 bits per heavy atom. The molecule has 0 fully saturated rings. The number of nitrogens with one attached hydrogen (secondary N) is 1. The minimum atomic E-state index is -4.87. The fourth-order valence-corrected chi connectivity index (χ4v) is 2.98. The molecule has 0 aliphatic carbocycles. The van der Waals surface area contributed by atoms with Crippen LogP contribution in [0.5, 0.6) is 11.5 Å². The smallest absolute Gasteiger partial charge is 0.441 e. The summed E-state index contributed by atoms with van der Waals surface area (Å²) in [5.41, 5.74) is 6.23. The van der Waals surface area contributed by atoms with E-state index in [4.69, 9.17) is 10.5 Å². The monoisotopic (exact) mass is 462 g/mol. The molecule has 33 heavy (non-hydrogen) atoms. The largest absolute Gasteiger partial charge is 0.573 e. The highest BCUT2D eigenvalue weighted by Crippen LogP contribution is 2.29. The van der Waals surface area contributed by atoms with E-state index in [2.05, 4.69) is 16.3 Å². The van der Waals surface area contributed by atoms with Crippen molar-refractivity contribution in [3.8, 4) is 11.5 Å². The molecule has 0 saturated heterocycles. The van der Waals surface area contributed by atoms with Crippen LogP contribution >= 0.6 is 0 Å². The lowest BCUT2D eigenvalue weighted by molar-refractivity contribution is -0.274. The molecule has 0 aliphatic heterocycles. The van der Waals surface area contributed by atoms with E-state index in [0.29, 0.717) is 0 Å². The molecule has 1 aromatic heterocycles. The molecule has 2 aromatic carbocycles. The van der Waals surface area contributed by atoms with Crippen LogP contribution in [0, 0.1) is 6.92 Å². The Kier molecular flexibility index (Phi) is 6.52. The van der Waals surface area contributed by atoms with Crippen molar-refractivity contribution < 1.29 is 22.6 Å². The van der Waals surface area contributed by atoms with Gasteiger partial charge in [-0.2, -0.15) is 0 Å². The van der Waals surface area contributed by atoms with Crippen LogP contribution in [0.2, 0.25) is 0 Å². The third-order valence-electron chi connectivity index (χ3n) is 4.65. The van der Waals surface area contributed by atoms with Crippen molar-refractivity contribution in [2.45, 2.75) is 19.8 Å². The lowest BCUT2D eigenvalue weighted by atomic mass is 10.1. The van der Waals surface area contributed by atoms with E-state index >= 15 is 0 Å². The summed E-state index contributed by atoms with van der Waals surface area (Å²) in [4.78, 5) is 28.0. The summed E-state index contributed by atoms with van der Waals surface area (Å²) in [6, 6.07) is 12.2. The summed E-state index contributed by atoms with van der Waals surface area (Å²) in [5.74, 6) is -0.766. The molecule has 0 unspecified atom stereocenters. The molecule has 0 spiro atoms. The molecule has 0 amide bonds. The Morgan fingerprint density at radius 1 is 1.15 bits per heavy atom. The first kappa shape index (κ1) is 23.5. The minimum Gasteiger partial charge on any atom is -0.441 e. The first-order chi connectivity index (χ1) is 15.4. The van der Waals surface area contributed by atoms with Crippen LogP contribution in [0.15, 0.2) is 70.6 Å². The Bertz CT molecular complexity index is 1280. The Labute approximate surface area is 186 Å². The fraction of sp³-hybridized carbons (Fsp3) is 0.182. The molecule has 0 saturated carbocycles. The number of nitrogen functional groups attached to an aromatic ring is 1. The average Bonchev–Trinajstić information content (AvgIpc) is 2.72. The number of nitrogens with zero attached hydrogens (tertiary/aromatic N) is 2. The molecule has 0 atom stereocenters. The third-order valence-corrected chi connectivity index (χ3v) is 4.65. The Hall–Kier alpha value is -4.15. The number of nitrogens with two attached hydrogens (primary N) is 1. The predicted octanol–water partition coefficient (Wildman–Crippen LogP) is 3.42. The first-order valence-electron chi connectivity index (χ1n) is 9.59. The zero-order chi connectivity index (χ0) is 24.3. The van der Waals surface area contributed by atoms with Crippen LogP contribution in [0.4, 0.5) is 24.7 Å². The normalized spacial score (nSPS) is 11.2. The SMILES string of the molecule is C=C(Oc1cccc(OC(F)(F)F)c1)N(Cc1ccc(C)cc1)c1c(N)n(C)c(=O)[nH]c1=O. The number of aromatic amines is 1. The molecule has 0 bridgehead atoms. The number of hydrogen-bond donors (Lipinski definition) is 2. The second-order valence-electron chi connectivity index (χ2n) is 7.14. The van der Waals surface area contributed by atoms with Crippen molar-refractivity contribution in [1.82, 2.24) is 9.55 Å². The van der Waals surface area contributed by atoms with E-state index in [1.54, 1.807) is 0 Å². The van der Waals surface area contributed by atoms with Gasteiger partial charge in [-0.1, -0.05) is 35.9 Å². The zero-order valence-electron chi connectivity index (χ0n) is 17.8. The summed E-state index contributed by atoms with van der Waals surface area (Å²) in [6.07, 6.45) is -4.87. The molecule has 174 valence electrons. The van der Waals surface area contributed by atoms with E-state index in [9.17, 15) is 22.8 Å². The van der Waals surface area contributed by atoms with E-state index in [1.165, 1.54) is 24.1 Å². The van der Waals surface area contributed by atoms with E-state index in [1.807, 2.05) is 31.2 Å². The summed E-state index contributed by atoms with van der Waals surface area (Å²) in [5, 5.41) is 0. The van der Waals surface area contributed by atoms with Gasteiger partial charge >= 0.3 is 12.1 Å². The second kappa shape index (κ2) is 9.15. The number of H-pyrrole nitrogens is 1. The van der Waals surface area contributed by atoms with Gasteiger partial charge in [0.2, 0.25) is 0 Å². The number of rotatable bonds is 7. The van der Waals surface area contributed by atoms with Gasteiger partial charge in [-0.25, -0.2) is 4.79 Å². The van der Waals surface area contributed by atoms with E-state index in [-0.39, 0.29) is 29.7 Å². The van der Waals surface area contributed by atoms with Crippen molar-refractivity contribution in [3.05, 3.63) is 93.0 Å². The van der Waals surface area contributed by atoms with Gasteiger partial charge in [0.25, 0.3) is 5.56 Å². The van der Waals surface area contributed by atoms with Crippen LogP contribution in [-0.4, -0.2) is 15.9 Å². The Balaban J connectivity index is 2.00. The van der Waals surface area contributed by atoms with Crippen LogP contribution in [-0.2, 0) is 13.6 Å². The molecule has 3 N–H and O–H groups in total. The van der Waals surface area contributed by atoms with Crippen molar-refractivity contribution in [2.75, 3.05) is 10.6 Å². The van der Waals surface area contributed by atoms with E-state index in [0.717, 1.165) is 27.8 Å². The number of hydrogen-bond acceptors (Lipinski definition) is 6. The molecule has 1 heterocycles. The van der Waals surface area contributed by atoms with E-state index < -0.39 is 23.4 Å². The van der Waals surface area contributed by atoms with Crippen LogP contribution in [0.3, 0.4) is 0 Å². The highest BCUT2D eigenvalue weighted by atomic mass is 19.4. The maximum absolute atomic E-state index is 12.6. The summed E-state index contributed by atoms with van der Waals surface area (Å²) in [7, 11) is 1.38. The van der Waals surface area contributed by atoms with Gasteiger partial charge in [-0.05, 0) is 31.2 Å². The molecule has 3 rings (SSSR count). The topological polar surface area (TPSA) is 103 Å². The Morgan fingerprint density at radius 2 is 1.79 bits per heavy atom. The molecule has 0 aliphatic rings. The lowest BCUT2D eigenvalue weighted by Crippen LogP contribution is -2.37. The highest BCUT2D eigenvalue weighted by molar-refractivity contribution is 5.65. The maximum Gasteiger partial charge on any atom is 0.573 e. The summed E-state index contributed by atoms with van der Waals surface area (Å²) < 4.78 is 48.2. The van der Waals surface area contributed by atoms with Crippen molar-refractivity contribution in [3.63, 3.8) is 0 Å². The minimum absolute atomic E-state index is 0.0181. The molecule has 8 nitrogen and oxygen atoms in total. The number of halogens is 3. The number of alkyl halides is 3. The van der Waals surface area contributed by atoms with Crippen LogP contribution in [0.1, 0.15) is 11.1 Å². The third kappa shape index (κ3) is 5.76. The fourth-order valence-electron chi connectivity index (χ4n) is 2.98. The maximum atomic E-state index is 12.6. The molecular formula is C22H21F3N4O4. The number of aromatic nitrogens is 2. The van der Waals surface area contributed by atoms with Gasteiger partial charge < -0.3 is 20.1 Å². The highest BCUT2D eigenvalue weighted by Gasteiger charge is 2.31. The quantitative estimate of drug-likeness (QED) is 0.522. The molecule has 0 radical (unpaired) electrons. The average molecular weight is 462 g/mol. The number of aryl methyl sites for hydroxylation is 1. The van der Waals surface area contributed by atoms with Crippen molar-refractivity contribution in [2.24, 2.45) is 7.05 Å². The predicted molar refractivity (Wildman–Crippen MR) is 117 cm³/mol. The van der Waals surface area contributed by atoms with Crippen LogP contribution < -0.4 is 31.4 Å². The standard InChI is InChI=1S/C22H21F3N4O4/c1-13-7-9-15(10-8-13)12-29(18-19(26)28(3)21(31)27-20(18)30)14(2)32-16-5-4-6-17(11-16)33-22(23,24)25/h4-11H,2,12,26H2,1,3H3,(H,27,30,31). The van der Waals surface area contributed by atoms with Crippen LogP contribution in [0.25, 0.3) is 0 Å². The van der Waals surface area contributed by atoms with Gasteiger partial charge in [0.15, 0.2) is 11.6 Å². The summed E-state index contributed by atoms with van der Waals surface area (Å²) in [6.45, 7) is 5.81. The zero-order valence-corrected chi connectivity index (χ0v) is 17.8. The van der Waals surface area contributed by atoms with Gasteiger partial charge in [0.1, 0.15) is 17.3 Å². The summed E-state index contributed by atoms with van der Waals surface area (Å²) >= 11 is 0. The number of ether oxygens (including phenoxy) is 2. The van der Waals surface area contributed by atoms with Gasteiger partial charge in [0, 0.05) is 13.1 Å².